The first-order valence-electron chi connectivity index (χ1n) is 15.8. The molecular weight excluding hydrogens is 584 g/mol. The molecular formula is C34H34N8O4. The van der Waals surface area contributed by atoms with Gasteiger partial charge in [-0.1, -0.05) is 12.2 Å². The normalized spacial score (nSPS) is 17.7. The van der Waals surface area contributed by atoms with E-state index < -0.39 is 0 Å². The van der Waals surface area contributed by atoms with Crippen LogP contribution in [-0.4, -0.2) is 66.9 Å². The summed E-state index contributed by atoms with van der Waals surface area (Å²) in [6.45, 7) is 4.16. The third-order valence-corrected chi connectivity index (χ3v) is 9.28. The lowest BCUT2D eigenvalue weighted by Gasteiger charge is -2.32. The first kappa shape index (κ1) is 28.1. The number of hydrogen-bond donors (Lipinski definition) is 1. The van der Waals surface area contributed by atoms with Crippen LogP contribution in [0.5, 0.6) is 5.75 Å². The van der Waals surface area contributed by atoms with Gasteiger partial charge in [-0.2, -0.15) is 4.98 Å². The Morgan fingerprint density at radius 3 is 2.74 bits per heavy atom. The fourth-order valence-electron chi connectivity index (χ4n) is 6.89. The number of ether oxygens (including phenoxy) is 1. The van der Waals surface area contributed by atoms with Crippen molar-refractivity contribution in [2.45, 2.75) is 45.2 Å². The molecule has 46 heavy (non-hydrogen) atoms. The minimum absolute atomic E-state index is 0.0125. The number of carbonyl (C=O) groups is 2. The summed E-state index contributed by atoms with van der Waals surface area (Å²) in [5, 5.41) is 4.83. The summed E-state index contributed by atoms with van der Waals surface area (Å²) in [5.74, 6) is 1.06. The highest BCUT2D eigenvalue weighted by Crippen LogP contribution is 2.35. The fourth-order valence-corrected chi connectivity index (χ4v) is 6.89. The number of anilines is 3. The van der Waals surface area contributed by atoms with E-state index in [1.165, 1.54) is 0 Å². The van der Waals surface area contributed by atoms with E-state index in [0.717, 1.165) is 55.4 Å². The second-order valence-electron chi connectivity index (χ2n) is 12.1. The molecule has 12 nitrogen and oxygen atoms in total. The summed E-state index contributed by atoms with van der Waals surface area (Å²) >= 11 is 0. The third kappa shape index (κ3) is 4.81. The highest BCUT2D eigenvalue weighted by molar-refractivity contribution is 5.98. The molecule has 0 atom stereocenters. The number of amides is 2. The predicted octanol–water partition coefficient (Wildman–Crippen LogP) is 4.54. The van der Waals surface area contributed by atoms with E-state index in [2.05, 4.69) is 39.3 Å². The zero-order chi connectivity index (χ0) is 31.4. The molecule has 2 amide bonds. The van der Waals surface area contributed by atoms with Crippen LogP contribution < -0.4 is 20.5 Å². The topological polar surface area (TPSA) is 120 Å². The van der Waals surface area contributed by atoms with Crippen molar-refractivity contribution in [1.82, 2.24) is 28.8 Å². The fraction of sp³-hybridized carbons (Fsp3) is 0.324. The summed E-state index contributed by atoms with van der Waals surface area (Å²) < 4.78 is 11.5. The average molecular weight is 619 g/mol. The van der Waals surface area contributed by atoms with E-state index in [1.54, 1.807) is 27.4 Å². The van der Waals surface area contributed by atoms with Crippen molar-refractivity contribution < 1.29 is 14.3 Å². The van der Waals surface area contributed by atoms with Gasteiger partial charge in [-0.3, -0.25) is 14.4 Å². The number of allylic oxidation sites excluding steroid dienone is 2. The number of aromatic nitrogens is 5. The van der Waals surface area contributed by atoms with Crippen molar-refractivity contribution in [2.75, 3.05) is 36.5 Å². The van der Waals surface area contributed by atoms with Crippen LogP contribution in [0.25, 0.3) is 27.6 Å². The van der Waals surface area contributed by atoms with Crippen molar-refractivity contribution in [1.29, 1.82) is 0 Å². The van der Waals surface area contributed by atoms with Gasteiger partial charge in [-0.05, 0) is 68.1 Å². The lowest BCUT2D eigenvalue weighted by atomic mass is 10.0. The van der Waals surface area contributed by atoms with Gasteiger partial charge < -0.3 is 24.4 Å². The Labute approximate surface area is 264 Å². The Balaban J connectivity index is 1.14. The Morgan fingerprint density at radius 1 is 1.02 bits per heavy atom. The highest BCUT2D eigenvalue weighted by Gasteiger charge is 2.27. The Hall–Kier alpha value is -5.39. The van der Waals surface area contributed by atoms with Gasteiger partial charge in [0.05, 0.1) is 17.9 Å². The Kier molecular flexibility index (Phi) is 6.84. The molecule has 0 unspecified atom stereocenters. The van der Waals surface area contributed by atoms with Gasteiger partial charge in [-0.25, -0.2) is 14.3 Å². The number of benzene rings is 2. The van der Waals surface area contributed by atoms with Crippen molar-refractivity contribution in [3.63, 3.8) is 0 Å². The monoisotopic (exact) mass is 618 g/mol. The van der Waals surface area contributed by atoms with Crippen molar-refractivity contribution in [2.24, 2.45) is 0 Å². The van der Waals surface area contributed by atoms with Crippen LogP contribution in [0, 0.1) is 0 Å². The smallest absolute Gasteiger partial charge is 0.278 e. The van der Waals surface area contributed by atoms with E-state index in [9.17, 15) is 14.4 Å². The molecule has 3 aliphatic rings. The van der Waals surface area contributed by atoms with Crippen molar-refractivity contribution in [3.8, 4) is 11.4 Å². The summed E-state index contributed by atoms with van der Waals surface area (Å²) in [6.07, 6.45) is 11.2. The number of rotatable bonds is 3. The van der Waals surface area contributed by atoms with Crippen molar-refractivity contribution in [3.05, 3.63) is 77.4 Å². The molecule has 3 aromatic heterocycles. The first-order valence-corrected chi connectivity index (χ1v) is 15.8. The molecule has 1 N–H and O–H groups in total. The molecule has 1 fully saturated rings. The largest absolute Gasteiger partial charge is 0.482 e. The third-order valence-electron chi connectivity index (χ3n) is 9.28. The second kappa shape index (κ2) is 11.2. The maximum Gasteiger partial charge on any atom is 0.278 e. The number of carbonyl (C=O) groups excluding carboxylic acids is 2. The van der Waals surface area contributed by atoms with Crippen LogP contribution >= 0.6 is 0 Å². The molecule has 12 heteroatoms. The van der Waals surface area contributed by atoms with Crippen LogP contribution in [0.2, 0.25) is 0 Å². The Bertz CT molecular complexity index is 2100. The van der Waals surface area contributed by atoms with Gasteiger partial charge >= 0.3 is 0 Å². The molecule has 234 valence electrons. The average Bonchev–Trinajstić information content (AvgIpc) is 3.60. The molecule has 5 aromatic rings. The van der Waals surface area contributed by atoms with Crippen molar-refractivity contribution >= 4 is 51.1 Å². The number of nitrogens with one attached hydrogen (secondary N) is 1. The van der Waals surface area contributed by atoms with Gasteiger partial charge in [-0.15, -0.1) is 0 Å². The van der Waals surface area contributed by atoms with E-state index in [-0.39, 0.29) is 24.0 Å². The molecule has 3 aliphatic heterocycles. The number of fused-ring (bicyclic) bond motifs is 6. The molecule has 8 rings (SSSR count). The molecule has 6 heterocycles. The standard InChI is InChI=1S/C34H34N8O4/c1-22(43)38-15-11-25(12-16-38)39-17-10-23-18-24(6-8-28(23)39)36-34-35-20-27-32(37-34)42-26-7-9-30-29(19-26)40(31(44)21-46-30)13-4-2-3-5-14-41(42)33(27)45/h3,5-10,17-20,25H,2,4,11-16,21H2,1H3,(H,35,36,37)/b5-3-. The number of likely N-dealkylation sites (tertiary alicyclic amines) is 1. The Morgan fingerprint density at radius 2 is 1.89 bits per heavy atom. The lowest BCUT2D eigenvalue weighted by Crippen LogP contribution is -2.39. The number of nitrogens with zero attached hydrogens (tertiary/aromatic N) is 7. The van der Waals surface area contributed by atoms with Gasteiger partial charge in [0.15, 0.2) is 12.3 Å². The molecule has 0 aliphatic carbocycles. The van der Waals surface area contributed by atoms with E-state index >= 15 is 0 Å². The maximum absolute atomic E-state index is 13.6. The lowest BCUT2D eigenvalue weighted by molar-refractivity contribution is -0.130. The summed E-state index contributed by atoms with van der Waals surface area (Å²) in [7, 11) is 0. The van der Waals surface area contributed by atoms with Crippen LogP contribution in [0.4, 0.5) is 17.3 Å². The molecule has 0 radical (unpaired) electrons. The number of hydrogen-bond acceptors (Lipinski definition) is 7. The highest BCUT2D eigenvalue weighted by atomic mass is 16.5. The van der Waals surface area contributed by atoms with Gasteiger partial charge in [0.1, 0.15) is 11.1 Å². The summed E-state index contributed by atoms with van der Waals surface area (Å²) in [6, 6.07) is 14.3. The van der Waals surface area contributed by atoms with E-state index in [0.29, 0.717) is 53.2 Å². The molecule has 0 saturated carbocycles. The molecule has 2 aromatic carbocycles. The van der Waals surface area contributed by atoms with Gasteiger partial charge in [0.25, 0.3) is 11.5 Å². The summed E-state index contributed by atoms with van der Waals surface area (Å²) in [4.78, 5) is 51.2. The second-order valence-corrected chi connectivity index (χ2v) is 12.1. The zero-order valence-electron chi connectivity index (χ0n) is 25.6. The van der Waals surface area contributed by atoms with Crippen LogP contribution in [0.15, 0.2) is 71.8 Å². The van der Waals surface area contributed by atoms with Crippen LogP contribution in [-0.2, 0) is 16.1 Å². The van der Waals surface area contributed by atoms with Gasteiger partial charge in [0.2, 0.25) is 11.9 Å². The molecule has 2 bridgehead atoms. The minimum Gasteiger partial charge on any atom is -0.482 e. The quantitative estimate of drug-likeness (QED) is 0.295. The first-order chi connectivity index (χ1) is 22.4. The molecule has 0 spiro atoms. The number of piperidine rings is 1. The van der Waals surface area contributed by atoms with Gasteiger partial charge in [0, 0.05) is 61.6 Å². The van der Waals surface area contributed by atoms with E-state index in [4.69, 9.17) is 9.72 Å². The van der Waals surface area contributed by atoms with Crippen LogP contribution in [0.1, 0.15) is 38.6 Å². The van der Waals surface area contributed by atoms with Crippen LogP contribution in [0.3, 0.4) is 0 Å². The summed E-state index contributed by atoms with van der Waals surface area (Å²) in [5.41, 5.74) is 3.63. The maximum atomic E-state index is 13.6. The predicted molar refractivity (Wildman–Crippen MR) is 175 cm³/mol. The SMILES string of the molecule is CC(=O)N1CCC(n2ccc3cc(Nc4ncc5c(=O)n6n(c5n4)-c4ccc5c(c4)N(CCC/C=C\C6)C(=O)CO5)ccc32)CC1. The van der Waals surface area contributed by atoms with E-state index in [1.807, 2.05) is 41.3 Å². The minimum atomic E-state index is -0.193. The molecule has 1 saturated heterocycles. The zero-order valence-corrected chi connectivity index (χ0v) is 25.6.